The Hall–Kier alpha value is -0.820. The van der Waals surface area contributed by atoms with Gasteiger partial charge in [0.2, 0.25) is 10.0 Å². The molecule has 5 nitrogen and oxygen atoms in total. The Labute approximate surface area is 127 Å². The van der Waals surface area contributed by atoms with Gasteiger partial charge in [-0.2, -0.15) is 4.31 Å². The van der Waals surface area contributed by atoms with Crippen LogP contribution in [0.25, 0.3) is 0 Å². The highest BCUT2D eigenvalue weighted by molar-refractivity contribution is 7.89. The number of rotatable bonds is 3. The number of ether oxygens (including phenoxy) is 1. The molecule has 0 amide bonds. The molecule has 0 spiro atoms. The van der Waals surface area contributed by atoms with Crippen molar-refractivity contribution in [2.24, 2.45) is 0 Å². The number of esters is 1. The third-order valence-electron chi connectivity index (χ3n) is 3.12. The highest BCUT2D eigenvalue weighted by Gasteiger charge is 2.40. The largest absolute Gasteiger partial charge is 0.468 e. The molecule has 2 rings (SSSR count). The molecule has 0 aromatic heterocycles. The van der Waals surface area contributed by atoms with E-state index in [-0.39, 0.29) is 21.5 Å². The Morgan fingerprint density at radius 2 is 1.90 bits per heavy atom. The van der Waals surface area contributed by atoms with Crippen LogP contribution in [0.1, 0.15) is 12.8 Å². The van der Waals surface area contributed by atoms with Gasteiger partial charge in [-0.1, -0.05) is 23.2 Å². The molecule has 0 radical (unpaired) electrons. The topological polar surface area (TPSA) is 63.7 Å². The van der Waals surface area contributed by atoms with Crippen molar-refractivity contribution in [1.82, 2.24) is 4.31 Å². The maximum absolute atomic E-state index is 12.6. The first kappa shape index (κ1) is 15.6. The van der Waals surface area contributed by atoms with Crippen LogP contribution in [0.2, 0.25) is 10.0 Å². The van der Waals surface area contributed by atoms with Gasteiger partial charge in [-0.05, 0) is 31.0 Å². The Balaban J connectivity index is 2.41. The smallest absolute Gasteiger partial charge is 0.324 e. The second-order valence-corrected chi connectivity index (χ2v) is 7.17. The number of benzene rings is 1. The molecule has 1 saturated heterocycles. The molecule has 1 atom stereocenters. The lowest BCUT2D eigenvalue weighted by Crippen LogP contribution is -2.41. The first-order valence-corrected chi connectivity index (χ1v) is 8.11. The molecule has 0 N–H and O–H groups in total. The lowest BCUT2D eigenvalue weighted by molar-refractivity contribution is -0.144. The lowest BCUT2D eigenvalue weighted by atomic mass is 10.2. The maximum atomic E-state index is 12.6. The monoisotopic (exact) mass is 337 g/mol. The van der Waals surface area contributed by atoms with Crippen molar-refractivity contribution in [3.8, 4) is 0 Å². The highest BCUT2D eigenvalue weighted by Crippen LogP contribution is 2.30. The van der Waals surface area contributed by atoms with Gasteiger partial charge in [0.05, 0.1) is 12.0 Å². The van der Waals surface area contributed by atoms with Crippen molar-refractivity contribution in [2.75, 3.05) is 13.7 Å². The molecular formula is C12H13Cl2NO4S. The van der Waals surface area contributed by atoms with Crippen LogP contribution in [0.5, 0.6) is 0 Å². The van der Waals surface area contributed by atoms with Gasteiger partial charge in [-0.3, -0.25) is 4.79 Å². The molecular weight excluding hydrogens is 325 g/mol. The van der Waals surface area contributed by atoms with Crippen molar-refractivity contribution < 1.29 is 17.9 Å². The van der Waals surface area contributed by atoms with Crippen LogP contribution in [-0.4, -0.2) is 38.4 Å². The SMILES string of the molecule is COC(=O)C1CCCN1S(=O)(=O)c1cc(Cl)cc(Cl)c1. The summed E-state index contributed by atoms with van der Waals surface area (Å²) in [4.78, 5) is 11.6. The Kier molecular flexibility index (Phi) is 4.59. The summed E-state index contributed by atoms with van der Waals surface area (Å²) in [7, 11) is -2.59. The van der Waals surface area contributed by atoms with Gasteiger partial charge in [0, 0.05) is 16.6 Å². The number of nitrogens with zero attached hydrogens (tertiary/aromatic N) is 1. The first-order chi connectivity index (χ1) is 9.36. The zero-order valence-corrected chi connectivity index (χ0v) is 13.0. The number of carbonyl (C=O) groups is 1. The summed E-state index contributed by atoms with van der Waals surface area (Å²) in [6.07, 6.45) is 1.05. The first-order valence-electron chi connectivity index (χ1n) is 5.92. The summed E-state index contributed by atoms with van der Waals surface area (Å²) in [6, 6.07) is 3.29. The predicted octanol–water partition coefficient (Wildman–Crippen LogP) is 2.32. The third-order valence-corrected chi connectivity index (χ3v) is 5.44. The average Bonchev–Trinajstić information content (AvgIpc) is 2.86. The summed E-state index contributed by atoms with van der Waals surface area (Å²) in [5.74, 6) is -0.556. The van der Waals surface area contributed by atoms with Crippen molar-refractivity contribution in [3.05, 3.63) is 28.2 Å². The minimum absolute atomic E-state index is 0.0224. The quantitative estimate of drug-likeness (QED) is 0.794. The summed E-state index contributed by atoms with van der Waals surface area (Å²) in [6.45, 7) is 0.270. The molecule has 1 unspecified atom stereocenters. The predicted molar refractivity (Wildman–Crippen MR) is 75.4 cm³/mol. The van der Waals surface area contributed by atoms with E-state index in [1.165, 1.54) is 25.3 Å². The van der Waals surface area contributed by atoms with Gasteiger partial charge in [0.25, 0.3) is 0 Å². The molecule has 1 heterocycles. The average molecular weight is 338 g/mol. The molecule has 0 bridgehead atoms. The van der Waals surface area contributed by atoms with E-state index in [4.69, 9.17) is 23.2 Å². The number of hydrogen-bond donors (Lipinski definition) is 0. The standard InChI is InChI=1S/C12H13Cl2NO4S/c1-19-12(16)11-3-2-4-15(11)20(17,18)10-6-8(13)5-9(14)7-10/h5-7,11H,2-4H2,1H3. The molecule has 0 aliphatic carbocycles. The van der Waals surface area contributed by atoms with Crippen LogP contribution < -0.4 is 0 Å². The summed E-state index contributed by atoms with van der Waals surface area (Å²) >= 11 is 11.7. The molecule has 8 heteroatoms. The summed E-state index contributed by atoms with van der Waals surface area (Å²) in [5, 5.41) is 0.453. The van der Waals surface area contributed by atoms with E-state index in [0.717, 1.165) is 4.31 Å². The van der Waals surface area contributed by atoms with Crippen LogP contribution in [-0.2, 0) is 19.6 Å². The number of methoxy groups -OCH3 is 1. The van der Waals surface area contributed by atoms with E-state index in [1.807, 2.05) is 0 Å². The Bertz CT molecular complexity index is 612. The second kappa shape index (κ2) is 5.89. The van der Waals surface area contributed by atoms with Crippen molar-refractivity contribution in [2.45, 2.75) is 23.8 Å². The van der Waals surface area contributed by atoms with Gasteiger partial charge in [-0.25, -0.2) is 8.42 Å². The number of halogens is 2. The van der Waals surface area contributed by atoms with E-state index in [0.29, 0.717) is 12.8 Å². The summed E-state index contributed by atoms with van der Waals surface area (Å²) in [5.41, 5.74) is 0. The summed E-state index contributed by atoms with van der Waals surface area (Å²) < 4.78 is 30.9. The minimum Gasteiger partial charge on any atom is -0.468 e. The Morgan fingerprint density at radius 1 is 1.30 bits per heavy atom. The normalized spacial score (nSPS) is 20.1. The number of sulfonamides is 1. The zero-order valence-electron chi connectivity index (χ0n) is 10.7. The van der Waals surface area contributed by atoms with E-state index < -0.39 is 22.0 Å². The molecule has 1 fully saturated rings. The molecule has 0 saturated carbocycles. The van der Waals surface area contributed by atoms with E-state index >= 15 is 0 Å². The number of carbonyl (C=O) groups excluding carboxylic acids is 1. The molecule has 1 aromatic carbocycles. The zero-order chi connectivity index (χ0) is 14.9. The van der Waals surface area contributed by atoms with Crippen molar-refractivity contribution in [1.29, 1.82) is 0 Å². The lowest BCUT2D eigenvalue weighted by Gasteiger charge is -2.22. The molecule has 1 aliphatic rings. The molecule has 110 valence electrons. The Morgan fingerprint density at radius 3 is 2.45 bits per heavy atom. The van der Waals surface area contributed by atoms with Crippen molar-refractivity contribution >= 4 is 39.2 Å². The van der Waals surface area contributed by atoms with Gasteiger partial charge in [0.1, 0.15) is 6.04 Å². The van der Waals surface area contributed by atoms with Gasteiger partial charge in [-0.15, -0.1) is 0 Å². The molecule has 1 aliphatic heterocycles. The van der Waals surface area contributed by atoms with Crippen LogP contribution in [0.4, 0.5) is 0 Å². The fraction of sp³-hybridized carbons (Fsp3) is 0.417. The van der Waals surface area contributed by atoms with Crippen LogP contribution in [0, 0.1) is 0 Å². The second-order valence-electron chi connectivity index (χ2n) is 4.40. The van der Waals surface area contributed by atoms with Crippen LogP contribution >= 0.6 is 23.2 Å². The maximum Gasteiger partial charge on any atom is 0.324 e. The molecule has 1 aromatic rings. The van der Waals surface area contributed by atoms with Crippen LogP contribution in [0.15, 0.2) is 23.1 Å². The van der Waals surface area contributed by atoms with Crippen molar-refractivity contribution in [3.63, 3.8) is 0 Å². The minimum atomic E-state index is -3.82. The van der Waals surface area contributed by atoms with Gasteiger partial charge < -0.3 is 4.74 Å². The third kappa shape index (κ3) is 2.93. The van der Waals surface area contributed by atoms with Gasteiger partial charge >= 0.3 is 5.97 Å². The van der Waals surface area contributed by atoms with E-state index in [2.05, 4.69) is 4.74 Å². The van der Waals surface area contributed by atoms with Gasteiger partial charge in [0.15, 0.2) is 0 Å². The highest BCUT2D eigenvalue weighted by atomic mass is 35.5. The van der Waals surface area contributed by atoms with Crippen LogP contribution in [0.3, 0.4) is 0 Å². The number of hydrogen-bond acceptors (Lipinski definition) is 4. The van der Waals surface area contributed by atoms with E-state index in [1.54, 1.807) is 0 Å². The fourth-order valence-corrected chi connectivity index (χ4v) is 4.59. The van der Waals surface area contributed by atoms with E-state index in [9.17, 15) is 13.2 Å². The molecule has 20 heavy (non-hydrogen) atoms. The fourth-order valence-electron chi connectivity index (χ4n) is 2.21.